The average Bonchev–Trinajstić information content (AvgIpc) is 2.59. The number of nitrogens with one attached hydrogen (secondary N) is 1. The monoisotopic (exact) mass is 502 g/mol. The molecule has 0 bridgehead atoms. The number of hydrogen-bond donors (Lipinski definition) is 3. The van der Waals surface area contributed by atoms with Crippen molar-refractivity contribution < 1.29 is 30.7 Å². The fraction of sp³-hybridized carbons (Fsp3) is 0.0588. The Morgan fingerprint density at radius 1 is 0.968 bits per heavy atom. The first-order valence-electron chi connectivity index (χ1n) is 7.68. The van der Waals surface area contributed by atoms with E-state index in [9.17, 15) is 30.7 Å². The number of rotatable bonds is 6. The molecule has 1 amide bonds. The van der Waals surface area contributed by atoms with Crippen LogP contribution in [-0.4, -0.2) is 96.1 Å². The van der Waals surface area contributed by atoms with E-state index < -0.39 is 35.9 Å². The third-order valence-electron chi connectivity index (χ3n) is 3.50. The van der Waals surface area contributed by atoms with Crippen molar-refractivity contribution in [2.75, 3.05) is 5.32 Å². The first-order chi connectivity index (χ1) is 13.4. The topological polar surface area (TPSA) is 150 Å². The Morgan fingerprint density at radius 3 is 1.90 bits per heavy atom. The van der Waals surface area contributed by atoms with E-state index in [2.05, 4.69) is 27.7 Å². The second kappa shape index (κ2) is 12.5. The van der Waals surface area contributed by atoms with Gasteiger partial charge in [-0.05, 0) is 47.6 Å². The molecule has 0 fully saturated rings. The van der Waals surface area contributed by atoms with Crippen molar-refractivity contribution in [2.24, 2.45) is 4.99 Å². The van der Waals surface area contributed by atoms with Crippen LogP contribution >= 0.6 is 12.2 Å². The maximum absolute atomic E-state index is 11.7. The van der Waals surface area contributed by atoms with E-state index in [4.69, 9.17) is 0 Å². The van der Waals surface area contributed by atoms with E-state index in [1.165, 1.54) is 43.3 Å². The van der Waals surface area contributed by atoms with Gasteiger partial charge >= 0.3 is 59.1 Å². The van der Waals surface area contributed by atoms with E-state index >= 15 is 0 Å². The van der Waals surface area contributed by atoms with Gasteiger partial charge in [0.25, 0.3) is 20.2 Å². The molecule has 0 radical (unpaired) electrons. The number of hydrogen-bond acceptors (Lipinski definition) is 7. The van der Waals surface area contributed by atoms with Gasteiger partial charge < -0.3 is 5.32 Å². The molecule has 0 saturated heterocycles. The van der Waals surface area contributed by atoms with Crippen LogP contribution in [0.3, 0.4) is 0 Å². The van der Waals surface area contributed by atoms with Gasteiger partial charge in [0.05, 0.1) is 10.8 Å². The second-order valence-corrected chi connectivity index (χ2v) is 8.60. The molecule has 0 heterocycles. The number of carbonyl (C=O) groups is 1. The Hall–Kier alpha value is -0.730. The van der Waals surface area contributed by atoms with E-state index in [1.54, 1.807) is 0 Å². The Morgan fingerprint density at radius 2 is 1.45 bits per heavy atom. The zero-order valence-electron chi connectivity index (χ0n) is 14.7. The van der Waals surface area contributed by atoms with Gasteiger partial charge in [-0.1, -0.05) is 24.3 Å². The third kappa shape index (κ3) is 8.97. The molecule has 2 rings (SSSR count). The summed E-state index contributed by atoms with van der Waals surface area (Å²) in [5, 5.41) is 4.46. The van der Waals surface area contributed by atoms with Crippen LogP contribution in [0.1, 0.15) is 18.1 Å². The summed E-state index contributed by atoms with van der Waals surface area (Å²) in [7, 11) is -9.28. The van der Waals surface area contributed by atoms with Crippen LogP contribution < -0.4 is 5.32 Å². The molecule has 0 atom stereocenters. The first kappa shape index (κ1) is 30.3. The molecule has 0 aliphatic rings. The number of thiocarbonyl (C=S) groups is 1. The molecule has 2 aromatic rings. The number of anilines is 1. The Balaban J connectivity index is 0.00000450. The van der Waals surface area contributed by atoms with Crippen molar-refractivity contribution >= 4 is 126 Å². The molecule has 2 aromatic carbocycles. The van der Waals surface area contributed by atoms with Gasteiger partial charge in [0, 0.05) is 12.6 Å². The molecule has 0 saturated carbocycles. The Kier molecular flexibility index (Phi) is 12.2. The van der Waals surface area contributed by atoms with Crippen LogP contribution in [0.4, 0.5) is 11.4 Å². The molecular weight excluding hydrogens is 486 g/mol. The summed E-state index contributed by atoms with van der Waals surface area (Å²) in [5.74, 6) is -0.438. The van der Waals surface area contributed by atoms with Gasteiger partial charge in [0.1, 0.15) is 9.79 Å². The molecule has 0 aromatic heterocycles. The Labute approximate surface area is 229 Å². The molecule has 14 heteroatoms. The van der Waals surface area contributed by atoms with E-state index in [1.807, 2.05) is 0 Å². The SMILES string of the molecule is CC(=O)Nc1ccc(/C=C/c2ccc(N=C=S)cc2S(=O)(=O)O)c(S(=O)(=O)O)c1.[NaH].[NaH]. The summed E-state index contributed by atoms with van der Waals surface area (Å²) < 4.78 is 65.6. The minimum atomic E-state index is -4.65. The minimum absolute atomic E-state index is 0. The molecule has 0 unspecified atom stereocenters. The number of aliphatic imine (C=N–C) groups is 1. The summed E-state index contributed by atoms with van der Waals surface area (Å²) in [6.07, 6.45) is 2.46. The van der Waals surface area contributed by atoms with Crippen molar-refractivity contribution in [1.82, 2.24) is 0 Å². The predicted octanol–water partition coefficient (Wildman–Crippen LogP) is 1.75. The summed E-state index contributed by atoms with van der Waals surface area (Å²) >= 11 is 4.45. The van der Waals surface area contributed by atoms with Crippen LogP contribution in [0.5, 0.6) is 0 Å². The number of amides is 1. The molecule has 0 spiro atoms. The van der Waals surface area contributed by atoms with Gasteiger partial charge in [-0.15, -0.1) is 0 Å². The van der Waals surface area contributed by atoms with Gasteiger partial charge in [-0.2, -0.15) is 21.8 Å². The molecule has 9 nitrogen and oxygen atoms in total. The third-order valence-corrected chi connectivity index (χ3v) is 5.41. The van der Waals surface area contributed by atoms with Crippen LogP contribution in [0, 0.1) is 0 Å². The number of isothiocyanates is 1. The van der Waals surface area contributed by atoms with Crippen molar-refractivity contribution in [1.29, 1.82) is 0 Å². The summed E-state index contributed by atoms with van der Waals surface area (Å²) in [6.45, 7) is 1.23. The average molecular weight is 503 g/mol. The van der Waals surface area contributed by atoms with Gasteiger partial charge in [0.15, 0.2) is 0 Å². The zero-order valence-corrected chi connectivity index (χ0v) is 17.2. The molecule has 0 aliphatic heterocycles. The van der Waals surface area contributed by atoms with Crippen molar-refractivity contribution in [2.45, 2.75) is 16.7 Å². The van der Waals surface area contributed by atoms with Crippen molar-refractivity contribution in [3.63, 3.8) is 0 Å². The van der Waals surface area contributed by atoms with Crippen molar-refractivity contribution in [3.05, 3.63) is 47.5 Å². The zero-order chi connectivity index (χ0) is 21.8. The summed E-state index contributed by atoms with van der Waals surface area (Å²) in [5.41, 5.74) is 0.332. The number of benzene rings is 2. The van der Waals surface area contributed by atoms with Gasteiger partial charge in [-0.3, -0.25) is 13.9 Å². The van der Waals surface area contributed by atoms with E-state index in [-0.39, 0.29) is 81.6 Å². The molecule has 3 N–H and O–H groups in total. The predicted molar refractivity (Wildman–Crippen MR) is 125 cm³/mol. The quantitative estimate of drug-likeness (QED) is 0.178. The van der Waals surface area contributed by atoms with Crippen LogP contribution in [-0.2, 0) is 25.0 Å². The number of nitrogens with zero attached hydrogens (tertiary/aromatic N) is 1. The second-order valence-electron chi connectivity index (χ2n) is 5.64. The van der Waals surface area contributed by atoms with Crippen LogP contribution in [0.25, 0.3) is 12.2 Å². The molecular formula is C17H16N2Na2O7S3. The van der Waals surface area contributed by atoms with Crippen LogP contribution in [0.2, 0.25) is 0 Å². The molecule has 31 heavy (non-hydrogen) atoms. The van der Waals surface area contributed by atoms with E-state index in [0.717, 1.165) is 12.1 Å². The maximum atomic E-state index is 11.7. The van der Waals surface area contributed by atoms with Crippen molar-refractivity contribution in [3.8, 4) is 0 Å². The molecule has 156 valence electrons. The normalized spacial score (nSPS) is 11.1. The van der Waals surface area contributed by atoms with Gasteiger partial charge in [-0.25, -0.2) is 0 Å². The summed E-state index contributed by atoms with van der Waals surface area (Å²) in [6, 6.07) is 7.57. The molecule has 0 aliphatic carbocycles. The van der Waals surface area contributed by atoms with Gasteiger partial charge in [0.2, 0.25) is 5.91 Å². The first-order valence-corrected chi connectivity index (χ1v) is 11.0. The fourth-order valence-electron chi connectivity index (χ4n) is 2.36. The van der Waals surface area contributed by atoms with Crippen LogP contribution in [0.15, 0.2) is 51.2 Å². The van der Waals surface area contributed by atoms with E-state index in [0.29, 0.717) is 0 Å². The summed E-state index contributed by atoms with van der Waals surface area (Å²) in [4.78, 5) is 13.8. The fourth-order valence-corrected chi connectivity index (χ4v) is 3.88. The standard InChI is InChI=1S/C17H14N2O7S3.2Na.2H/c1-11(20)19-15-7-5-13(17(9-15)29(24,25)26)3-2-12-4-6-14(18-10-27)8-16(12)28(21,22)23;;;;/h2-9H,1H3,(H,19,20)(H,21,22,23)(H,24,25,26);;;;/b3-2+;;;;. The number of carbonyl (C=O) groups excluding carboxylic acids is 1. The Bertz CT molecular complexity index is 1270.